The molecule has 116 valence electrons. The Bertz CT molecular complexity index is 669. The molecule has 2 heterocycles. The molecule has 0 bridgehead atoms. The molecule has 1 aliphatic rings. The topological polar surface area (TPSA) is 83.3 Å². The van der Waals surface area contributed by atoms with E-state index in [2.05, 4.69) is 25.7 Å². The number of carbonyl (C=O) groups excluding carboxylic acids is 1. The Morgan fingerprint density at radius 3 is 3.14 bits per heavy atom. The molecular formula is C15H19N5O2. The average molecular weight is 301 g/mol. The molecule has 3 rings (SSSR count). The summed E-state index contributed by atoms with van der Waals surface area (Å²) >= 11 is 0. The van der Waals surface area contributed by atoms with Gasteiger partial charge in [0.1, 0.15) is 0 Å². The second kappa shape index (κ2) is 6.25. The van der Waals surface area contributed by atoms with E-state index in [1.165, 1.54) is 0 Å². The molecule has 1 unspecified atom stereocenters. The molecular weight excluding hydrogens is 282 g/mol. The van der Waals surface area contributed by atoms with Crippen molar-refractivity contribution in [3.05, 3.63) is 35.7 Å². The summed E-state index contributed by atoms with van der Waals surface area (Å²) in [6.07, 6.45) is 0. The molecule has 0 radical (unpaired) electrons. The number of carbonyl (C=O) groups is 1. The second-order valence-corrected chi connectivity index (χ2v) is 5.32. The SMILES string of the molecule is CNC(=O)c1cccc(-c2nc(C3CNCCN3C)no2)c1. The maximum atomic E-state index is 11.7. The van der Waals surface area contributed by atoms with Crippen molar-refractivity contribution in [2.75, 3.05) is 33.7 Å². The number of aromatic nitrogens is 2. The van der Waals surface area contributed by atoms with Crippen LogP contribution in [0.15, 0.2) is 28.8 Å². The predicted molar refractivity (Wildman–Crippen MR) is 81.4 cm³/mol. The van der Waals surface area contributed by atoms with Gasteiger partial charge < -0.3 is 15.2 Å². The fourth-order valence-electron chi connectivity index (χ4n) is 2.52. The van der Waals surface area contributed by atoms with Gasteiger partial charge in [-0.05, 0) is 25.2 Å². The highest BCUT2D eigenvalue weighted by Crippen LogP contribution is 2.23. The summed E-state index contributed by atoms with van der Waals surface area (Å²) in [7, 11) is 3.65. The average Bonchev–Trinajstić information content (AvgIpc) is 3.04. The molecule has 7 nitrogen and oxygen atoms in total. The van der Waals surface area contributed by atoms with Crippen molar-refractivity contribution in [2.45, 2.75) is 6.04 Å². The Balaban J connectivity index is 1.86. The summed E-state index contributed by atoms with van der Waals surface area (Å²) in [5.74, 6) is 0.951. The highest BCUT2D eigenvalue weighted by atomic mass is 16.5. The third kappa shape index (κ3) is 2.86. The molecule has 1 fully saturated rings. The van der Waals surface area contributed by atoms with Gasteiger partial charge in [-0.15, -0.1) is 0 Å². The minimum Gasteiger partial charge on any atom is -0.355 e. The maximum Gasteiger partial charge on any atom is 0.258 e. The van der Waals surface area contributed by atoms with Crippen LogP contribution < -0.4 is 10.6 Å². The quantitative estimate of drug-likeness (QED) is 0.867. The molecule has 1 atom stereocenters. The maximum absolute atomic E-state index is 11.7. The summed E-state index contributed by atoms with van der Waals surface area (Å²) in [5, 5.41) is 10.0. The predicted octanol–water partition coefficient (Wildman–Crippen LogP) is 0.672. The number of likely N-dealkylation sites (N-methyl/N-ethyl adjacent to an activating group) is 1. The Hall–Kier alpha value is -2.25. The zero-order valence-electron chi connectivity index (χ0n) is 12.7. The lowest BCUT2D eigenvalue weighted by Gasteiger charge is -2.30. The van der Waals surface area contributed by atoms with E-state index in [0.717, 1.165) is 25.2 Å². The van der Waals surface area contributed by atoms with Crippen LogP contribution in [0.1, 0.15) is 22.2 Å². The normalized spacial score (nSPS) is 19.1. The summed E-state index contributed by atoms with van der Waals surface area (Å²) < 4.78 is 5.37. The second-order valence-electron chi connectivity index (χ2n) is 5.32. The van der Waals surface area contributed by atoms with Gasteiger partial charge in [0.2, 0.25) is 0 Å². The highest BCUT2D eigenvalue weighted by molar-refractivity contribution is 5.94. The molecule has 0 saturated carbocycles. The van der Waals surface area contributed by atoms with E-state index >= 15 is 0 Å². The lowest BCUT2D eigenvalue weighted by Crippen LogP contribution is -2.44. The molecule has 7 heteroatoms. The van der Waals surface area contributed by atoms with Gasteiger partial charge in [0.25, 0.3) is 11.8 Å². The Morgan fingerprint density at radius 2 is 2.36 bits per heavy atom. The molecule has 1 aromatic heterocycles. The number of piperazine rings is 1. The molecule has 1 saturated heterocycles. The first-order chi connectivity index (χ1) is 10.7. The number of nitrogens with zero attached hydrogens (tertiary/aromatic N) is 3. The van der Waals surface area contributed by atoms with Gasteiger partial charge in [0.15, 0.2) is 5.82 Å². The largest absolute Gasteiger partial charge is 0.355 e. The Labute approximate surface area is 128 Å². The third-order valence-corrected chi connectivity index (χ3v) is 3.85. The summed E-state index contributed by atoms with van der Waals surface area (Å²) in [6, 6.07) is 7.26. The summed E-state index contributed by atoms with van der Waals surface area (Å²) in [6.45, 7) is 2.71. The first-order valence-corrected chi connectivity index (χ1v) is 7.26. The summed E-state index contributed by atoms with van der Waals surface area (Å²) in [5.41, 5.74) is 1.31. The Kier molecular flexibility index (Phi) is 4.17. The lowest BCUT2D eigenvalue weighted by atomic mass is 10.1. The molecule has 0 aliphatic carbocycles. The molecule has 1 aliphatic heterocycles. The van der Waals surface area contributed by atoms with Crippen LogP contribution in [-0.2, 0) is 0 Å². The van der Waals surface area contributed by atoms with E-state index < -0.39 is 0 Å². The van der Waals surface area contributed by atoms with E-state index in [0.29, 0.717) is 17.3 Å². The van der Waals surface area contributed by atoms with E-state index in [9.17, 15) is 4.79 Å². The van der Waals surface area contributed by atoms with E-state index in [1.54, 1.807) is 25.2 Å². The Morgan fingerprint density at radius 1 is 1.50 bits per heavy atom. The molecule has 22 heavy (non-hydrogen) atoms. The zero-order valence-corrected chi connectivity index (χ0v) is 12.7. The van der Waals surface area contributed by atoms with Crippen molar-refractivity contribution < 1.29 is 9.32 Å². The minimum atomic E-state index is -0.141. The van der Waals surface area contributed by atoms with Crippen molar-refractivity contribution in [3.8, 4) is 11.5 Å². The van der Waals surface area contributed by atoms with Gasteiger partial charge in [0.05, 0.1) is 6.04 Å². The zero-order chi connectivity index (χ0) is 15.5. The number of hydrogen-bond acceptors (Lipinski definition) is 6. The third-order valence-electron chi connectivity index (χ3n) is 3.85. The fourth-order valence-corrected chi connectivity index (χ4v) is 2.52. The monoisotopic (exact) mass is 301 g/mol. The number of benzene rings is 1. The van der Waals surface area contributed by atoms with Gasteiger partial charge in [-0.1, -0.05) is 11.2 Å². The lowest BCUT2D eigenvalue weighted by molar-refractivity contribution is 0.0963. The molecule has 0 spiro atoms. The van der Waals surface area contributed by atoms with Crippen molar-refractivity contribution in [1.82, 2.24) is 25.7 Å². The van der Waals surface area contributed by atoms with Crippen molar-refractivity contribution in [3.63, 3.8) is 0 Å². The number of amides is 1. The molecule has 2 N–H and O–H groups in total. The standard InChI is InChI=1S/C15H19N5O2/c1-16-14(21)10-4-3-5-11(8-10)15-18-13(19-22-15)12-9-17-6-7-20(12)2/h3-5,8,12,17H,6-7,9H2,1-2H3,(H,16,21). The van der Waals surface area contributed by atoms with Crippen molar-refractivity contribution in [2.24, 2.45) is 0 Å². The van der Waals surface area contributed by atoms with Crippen LogP contribution in [0.4, 0.5) is 0 Å². The fraction of sp³-hybridized carbons (Fsp3) is 0.400. The van der Waals surface area contributed by atoms with E-state index in [1.807, 2.05) is 13.1 Å². The van der Waals surface area contributed by atoms with Crippen molar-refractivity contribution in [1.29, 1.82) is 0 Å². The smallest absolute Gasteiger partial charge is 0.258 e. The van der Waals surface area contributed by atoms with Crippen LogP contribution in [0.25, 0.3) is 11.5 Å². The molecule has 2 aromatic rings. The van der Waals surface area contributed by atoms with Crippen LogP contribution in [0.5, 0.6) is 0 Å². The molecule has 1 aromatic carbocycles. The number of rotatable bonds is 3. The molecule has 1 amide bonds. The highest BCUT2D eigenvalue weighted by Gasteiger charge is 2.25. The van der Waals surface area contributed by atoms with Crippen LogP contribution in [0.3, 0.4) is 0 Å². The first-order valence-electron chi connectivity index (χ1n) is 7.26. The summed E-state index contributed by atoms with van der Waals surface area (Å²) in [4.78, 5) is 18.4. The van der Waals surface area contributed by atoms with Gasteiger partial charge in [-0.3, -0.25) is 9.69 Å². The van der Waals surface area contributed by atoms with Gasteiger partial charge in [-0.2, -0.15) is 4.98 Å². The van der Waals surface area contributed by atoms with Gasteiger partial charge in [0, 0.05) is 37.8 Å². The van der Waals surface area contributed by atoms with Crippen LogP contribution in [0, 0.1) is 0 Å². The van der Waals surface area contributed by atoms with E-state index in [4.69, 9.17) is 4.52 Å². The number of nitrogens with one attached hydrogen (secondary N) is 2. The van der Waals surface area contributed by atoms with Gasteiger partial charge in [-0.25, -0.2) is 0 Å². The van der Waals surface area contributed by atoms with Crippen LogP contribution in [0.2, 0.25) is 0 Å². The van der Waals surface area contributed by atoms with Crippen LogP contribution in [-0.4, -0.2) is 54.7 Å². The first kappa shape index (κ1) is 14.7. The van der Waals surface area contributed by atoms with Crippen molar-refractivity contribution >= 4 is 5.91 Å². The van der Waals surface area contributed by atoms with Gasteiger partial charge >= 0.3 is 0 Å². The van der Waals surface area contributed by atoms with E-state index in [-0.39, 0.29) is 11.9 Å². The number of hydrogen-bond donors (Lipinski definition) is 2. The minimum absolute atomic E-state index is 0.105. The van der Waals surface area contributed by atoms with Crippen LogP contribution >= 0.6 is 0 Å².